The molecule has 43 heavy (non-hydrogen) atoms. The Hall–Kier alpha value is -4.41. The van der Waals surface area contributed by atoms with Crippen molar-refractivity contribution in [2.24, 2.45) is 33.8 Å². The first-order valence-corrected chi connectivity index (χ1v) is 14.9. The maximum absolute atomic E-state index is 14.2. The number of nitrogens with one attached hydrogen (secondary N) is 3. The van der Waals surface area contributed by atoms with Crippen LogP contribution < -0.4 is 33.6 Å². The van der Waals surface area contributed by atoms with E-state index in [4.69, 9.17) is 28.3 Å². The van der Waals surface area contributed by atoms with E-state index in [1.54, 1.807) is 12.1 Å². The molecule has 11 nitrogen and oxygen atoms in total. The van der Waals surface area contributed by atoms with E-state index in [0.29, 0.717) is 31.4 Å². The van der Waals surface area contributed by atoms with Gasteiger partial charge >= 0.3 is 0 Å². The van der Waals surface area contributed by atoms with Crippen molar-refractivity contribution in [1.82, 2.24) is 10.6 Å². The highest BCUT2D eigenvalue weighted by molar-refractivity contribution is 5.96. The van der Waals surface area contributed by atoms with Gasteiger partial charge in [0.2, 0.25) is 17.7 Å². The second kappa shape index (κ2) is 15.7. The molecule has 0 saturated heterocycles. The number of primary amides is 1. The molecule has 2 aromatic rings. The van der Waals surface area contributed by atoms with E-state index in [1.807, 2.05) is 49.4 Å². The SMILES string of the molecule is C[C@@](Cc1ccc(C(=N)N)cc1)(C(=O)N[C@@H](CC1CCCCC1)C(=O)NC(CCCN=C(N)N)C(N)=O)c1ccccc1. The summed E-state index contributed by atoms with van der Waals surface area (Å²) in [6.45, 7) is 2.16. The van der Waals surface area contributed by atoms with E-state index in [2.05, 4.69) is 15.6 Å². The number of guanidine groups is 1. The summed E-state index contributed by atoms with van der Waals surface area (Å²) in [6, 6.07) is 14.9. The van der Waals surface area contributed by atoms with Crippen molar-refractivity contribution in [3.8, 4) is 0 Å². The topological polar surface area (TPSA) is 216 Å². The minimum Gasteiger partial charge on any atom is -0.384 e. The maximum atomic E-state index is 14.2. The van der Waals surface area contributed by atoms with Crippen LogP contribution in [-0.4, -0.2) is 48.1 Å². The lowest BCUT2D eigenvalue weighted by Crippen LogP contribution is -2.56. The van der Waals surface area contributed by atoms with Gasteiger partial charge < -0.3 is 33.6 Å². The number of nitrogen functional groups attached to an aromatic ring is 1. The molecule has 3 atom stereocenters. The summed E-state index contributed by atoms with van der Waals surface area (Å²) < 4.78 is 0. The van der Waals surface area contributed by atoms with Gasteiger partial charge in [-0.05, 0) is 49.7 Å². The van der Waals surface area contributed by atoms with Crippen molar-refractivity contribution < 1.29 is 14.4 Å². The number of carbonyl (C=O) groups excluding carboxylic acids is 3. The molecule has 1 fully saturated rings. The van der Waals surface area contributed by atoms with Gasteiger partial charge in [0.25, 0.3) is 0 Å². The van der Waals surface area contributed by atoms with Gasteiger partial charge in [-0.2, -0.15) is 0 Å². The molecule has 3 amide bonds. The van der Waals surface area contributed by atoms with Gasteiger partial charge in [-0.1, -0.05) is 86.7 Å². The number of aliphatic imine (C=N–C) groups is 1. The van der Waals surface area contributed by atoms with Crippen LogP contribution in [0.15, 0.2) is 59.6 Å². The number of hydrogen-bond acceptors (Lipinski definition) is 5. The molecule has 0 spiro atoms. The predicted octanol–water partition coefficient (Wildman–Crippen LogP) is 1.95. The number of hydrogen-bond donors (Lipinski definition) is 7. The summed E-state index contributed by atoms with van der Waals surface area (Å²) in [5.74, 6) is -1.20. The first-order valence-electron chi connectivity index (χ1n) is 14.9. The molecule has 11 heteroatoms. The third kappa shape index (κ3) is 9.83. The smallest absolute Gasteiger partial charge is 0.243 e. The lowest BCUT2D eigenvalue weighted by Gasteiger charge is -2.33. The summed E-state index contributed by atoms with van der Waals surface area (Å²) >= 11 is 0. The minimum atomic E-state index is -1.02. The number of carbonyl (C=O) groups is 3. The van der Waals surface area contributed by atoms with Gasteiger partial charge in [-0.15, -0.1) is 0 Å². The molecular formula is C32H46N8O3. The summed E-state index contributed by atoms with van der Waals surface area (Å²) in [7, 11) is 0. The minimum absolute atomic E-state index is 0.0304. The number of amides is 3. The first kappa shape index (κ1) is 33.1. The molecule has 1 unspecified atom stereocenters. The van der Waals surface area contributed by atoms with Gasteiger partial charge in [0.05, 0.1) is 5.41 Å². The van der Waals surface area contributed by atoms with E-state index in [0.717, 1.165) is 43.2 Å². The molecular weight excluding hydrogens is 544 g/mol. The first-order chi connectivity index (χ1) is 20.5. The van der Waals surface area contributed by atoms with Crippen molar-refractivity contribution in [1.29, 1.82) is 5.41 Å². The average molecular weight is 591 g/mol. The molecule has 0 bridgehead atoms. The summed E-state index contributed by atoms with van der Waals surface area (Å²) in [4.78, 5) is 44.1. The van der Waals surface area contributed by atoms with Gasteiger partial charge in [-0.25, -0.2) is 0 Å². The van der Waals surface area contributed by atoms with Crippen molar-refractivity contribution in [2.45, 2.75) is 82.2 Å². The van der Waals surface area contributed by atoms with Crippen LogP contribution >= 0.6 is 0 Å². The van der Waals surface area contributed by atoms with E-state index in [9.17, 15) is 14.4 Å². The predicted molar refractivity (Wildman–Crippen MR) is 169 cm³/mol. The molecule has 0 aliphatic heterocycles. The van der Waals surface area contributed by atoms with Crippen LogP contribution in [0.25, 0.3) is 0 Å². The standard InChI is InChI=1S/C32H46N8O3/c1-32(24-11-6-3-7-12-24,20-22-14-16-23(17-15-22)27(33)34)30(43)40-26(19-21-9-4-2-5-10-21)29(42)39-25(28(35)41)13-8-18-38-31(36)37/h3,6-7,11-12,14-17,21,25-26H,2,4-5,8-10,13,18-20H2,1H3,(H3,33,34)(H2,35,41)(H,39,42)(H,40,43)(H4,36,37,38)/t25?,26-,32-/m0/s1. The molecule has 0 radical (unpaired) electrons. The molecule has 3 rings (SSSR count). The highest BCUT2D eigenvalue weighted by Gasteiger charge is 2.38. The van der Waals surface area contributed by atoms with Crippen LogP contribution in [0.3, 0.4) is 0 Å². The van der Waals surface area contributed by atoms with Crippen LogP contribution in [0.1, 0.15) is 75.0 Å². The van der Waals surface area contributed by atoms with Gasteiger partial charge in [0, 0.05) is 12.1 Å². The summed E-state index contributed by atoms with van der Waals surface area (Å²) in [6.07, 6.45) is 6.82. The largest absolute Gasteiger partial charge is 0.384 e. The van der Waals surface area contributed by atoms with Crippen molar-refractivity contribution >= 4 is 29.5 Å². The fraction of sp³-hybridized carbons (Fsp3) is 0.469. The second-order valence-corrected chi connectivity index (χ2v) is 11.7. The Morgan fingerprint density at radius 3 is 2.16 bits per heavy atom. The zero-order chi connectivity index (χ0) is 31.4. The van der Waals surface area contributed by atoms with Gasteiger partial charge in [-0.3, -0.25) is 24.8 Å². The van der Waals surface area contributed by atoms with E-state index >= 15 is 0 Å². The van der Waals surface area contributed by atoms with Gasteiger partial charge in [0.15, 0.2) is 5.96 Å². The van der Waals surface area contributed by atoms with Crippen molar-refractivity contribution in [3.63, 3.8) is 0 Å². The van der Waals surface area contributed by atoms with E-state index in [-0.39, 0.29) is 30.0 Å². The lowest BCUT2D eigenvalue weighted by atomic mass is 9.76. The fourth-order valence-corrected chi connectivity index (χ4v) is 5.70. The number of amidine groups is 1. The Balaban J connectivity index is 1.86. The Morgan fingerprint density at radius 2 is 1.58 bits per heavy atom. The second-order valence-electron chi connectivity index (χ2n) is 11.7. The van der Waals surface area contributed by atoms with Crippen molar-refractivity contribution in [3.05, 3.63) is 71.3 Å². The zero-order valence-corrected chi connectivity index (χ0v) is 25.0. The zero-order valence-electron chi connectivity index (χ0n) is 25.0. The maximum Gasteiger partial charge on any atom is 0.243 e. The molecule has 0 aromatic heterocycles. The Kier molecular flexibility index (Phi) is 12.1. The van der Waals surface area contributed by atoms with Crippen LogP contribution in [-0.2, 0) is 26.2 Å². The monoisotopic (exact) mass is 590 g/mol. The van der Waals surface area contributed by atoms with Crippen LogP contribution in [0.5, 0.6) is 0 Å². The number of rotatable bonds is 15. The molecule has 1 aliphatic rings. The lowest BCUT2D eigenvalue weighted by molar-refractivity contribution is -0.133. The summed E-state index contributed by atoms with van der Waals surface area (Å²) in [5.41, 5.74) is 23.3. The normalized spacial score (nSPS) is 16.2. The third-order valence-corrected chi connectivity index (χ3v) is 8.26. The van der Waals surface area contributed by atoms with Crippen LogP contribution in [0.2, 0.25) is 0 Å². The molecule has 1 aliphatic carbocycles. The average Bonchev–Trinajstić information content (AvgIpc) is 2.99. The Morgan fingerprint density at radius 1 is 0.930 bits per heavy atom. The number of nitrogens with two attached hydrogens (primary N) is 4. The highest BCUT2D eigenvalue weighted by atomic mass is 16.2. The molecule has 1 saturated carbocycles. The highest BCUT2D eigenvalue weighted by Crippen LogP contribution is 2.31. The van der Waals surface area contributed by atoms with E-state index < -0.39 is 29.3 Å². The molecule has 0 heterocycles. The molecule has 11 N–H and O–H groups in total. The molecule has 2 aromatic carbocycles. The van der Waals surface area contributed by atoms with Crippen LogP contribution in [0.4, 0.5) is 0 Å². The quantitative estimate of drug-likeness (QED) is 0.0934. The summed E-state index contributed by atoms with van der Waals surface area (Å²) in [5, 5.41) is 13.5. The van der Waals surface area contributed by atoms with Gasteiger partial charge in [0.1, 0.15) is 17.9 Å². The number of nitrogens with zero attached hydrogens (tertiary/aromatic N) is 1. The van der Waals surface area contributed by atoms with Crippen molar-refractivity contribution in [2.75, 3.05) is 6.54 Å². The van der Waals surface area contributed by atoms with E-state index in [1.165, 1.54) is 0 Å². The Labute approximate surface area is 253 Å². The molecule has 232 valence electrons. The third-order valence-electron chi connectivity index (χ3n) is 8.26. The Bertz CT molecular complexity index is 1270. The number of benzene rings is 2. The van der Waals surface area contributed by atoms with Crippen LogP contribution in [0, 0.1) is 11.3 Å². The fourth-order valence-electron chi connectivity index (χ4n) is 5.70.